The molecule has 2 aliphatic rings. The Morgan fingerprint density at radius 2 is 2.00 bits per heavy atom. The summed E-state index contributed by atoms with van der Waals surface area (Å²) in [6.45, 7) is 3.22. The molecule has 0 amide bonds. The number of halogens is 1. The van der Waals surface area contributed by atoms with Crippen molar-refractivity contribution in [3.63, 3.8) is 0 Å². The van der Waals surface area contributed by atoms with E-state index in [0.29, 0.717) is 12.0 Å². The lowest BCUT2D eigenvalue weighted by molar-refractivity contribution is 0.274. The molecule has 0 spiro atoms. The van der Waals surface area contributed by atoms with Gasteiger partial charge in [0.2, 0.25) is 0 Å². The van der Waals surface area contributed by atoms with Crippen LogP contribution in [0.3, 0.4) is 0 Å². The highest BCUT2D eigenvalue weighted by molar-refractivity contribution is 5.71. The molecule has 1 aliphatic carbocycles. The van der Waals surface area contributed by atoms with E-state index in [0.717, 1.165) is 30.8 Å². The van der Waals surface area contributed by atoms with Crippen LogP contribution in [0.25, 0.3) is 11.1 Å². The minimum atomic E-state index is -0.433. The maximum absolute atomic E-state index is 14.2. The van der Waals surface area contributed by atoms with E-state index in [4.69, 9.17) is 5.26 Å². The van der Waals surface area contributed by atoms with Gasteiger partial charge in [0.1, 0.15) is 11.9 Å². The number of benzene rings is 2. The van der Waals surface area contributed by atoms with Gasteiger partial charge in [-0.25, -0.2) is 4.39 Å². The highest BCUT2D eigenvalue weighted by atomic mass is 19.1. The Hall–Kier alpha value is -2.22. The van der Waals surface area contributed by atoms with Crippen LogP contribution in [-0.2, 0) is 6.54 Å². The Morgan fingerprint density at radius 3 is 2.71 bits per heavy atom. The Balaban J connectivity index is 1.63. The molecule has 1 atom stereocenters. The molecule has 2 aromatic carbocycles. The molecule has 28 heavy (non-hydrogen) atoms. The van der Waals surface area contributed by atoms with E-state index in [1.165, 1.54) is 49.3 Å². The summed E-state index contributed by atoms with van der Waals surface area (Å²) in [6, 6.07) is 14.0. The average Bonchev–Trinajstić information content (AvgIpc) is 3.55. The van der Waals surface area contributed by atoms with Crippen molar-refractivity contribution >= 4 is 0 Å². The van der Waals surface area contributed by atoms with E-state index in [1.54, 1.807) is 6.07 Å². The highest BCUT2D eigenvalue weighted by Gasteiger charge is 2.29. The van der Waals surface area contributed by atoms with Crippen molar-refractivity contribution in [1.29, 1.82) is 5.26 Å². The van der Waals surface area contributed by atoms with Crippen LogP contribution in [-0.4, -0.2) is 31.1 Å². The van der Waals surface area contributed by atoms with Gasteiger partial charge in [0, 0.05) is 12.6 Å². The molecule has 0 radical (unpaired) electrons. The molecule has 0 unspecified atom stereocenters. The number of rotatable bonds is 5. The topological polar surface area (TPSA) is 39.1 Å². The summed E-state index contributed by atoms with van der Waals surface area (Å²) in [6.07, 6.45) is 6.09. The van der Waals surface area contributed by atoms with Gasteiger partial charge in [-0.3, -0.25) is 4.90 Å². The molecule has 0 bridgehead atoms. The highest BCUT2D eigenvalue weighted by Crippen LogP contribution is 2.46. The summed E-state index contributed by atoms with van der Waals surface area (Å²) in [5.74, 6) is 0.153. The zero-order chi connectivity index (χ0) is 19.5. The first-order valence-electron chi connectivity index (χ1n) is 10.4. The van der Waals surface area contributed by atoms with E-state index in [1.807, 2.05) is 12.1 Å². The van der Waals surface area contributed by atoms with Crippen LogP contribution in [0.15, 0.2) is 36.4 Å². The Bertz CT molecular complexity index is 882. The number of nitriles is 1. The number of likely N-dealkylation sites (tertiary alicyclic amines) is 1. The van der Waals surface area contributed by atoms with Crippen molar-refractivity contribution in [1.82, 2.24) is 10.2 Å². The summed E-state index contributed by atoms with van der Waals surface area (Å²) < 4.78 is 14.2. The van der Waals surface area contributed by atoms with Crippen LogP contribution in [0.4, 0.5) is 4.39 Å². The van der Waals surface area contributed by atoms with Crippen LogP contribution in [0, 0.1) is 17.1 Å². The largest absolute Gasteiger partial charge is 0.317 e. The first kappa shape index (κ1) is 19.1. The minimum absolute atomic E-state index is 0.108. The fourth-order valence-corrected chi connectivity index (χ4v) is 4.47. The molecule has 2 aromatic rings. The van der Waals surface area contributed by atoms with Crippen molar-refractivity contribution < 1.29 is 4.39 Å². The van der Waals surface area contributed by atoms with Crippen LogP contribution in [0.1, 0.15) is 54.7 Å². The van der Waals surface area contributed by atoms with E-state index in [9.17, 15) is 4.39 Å². The van der Waals surface area contributed by atoms with Crippen LogP contribution >= 0.6 is 0 Å². The quantitative estimate of drug-likeness (QED) is 0.812. The van der Waals surface area contributed by atoms with Gasteiger partial charge in [-0.1, -0.05) is 24.3 Å². The van der Waals surface area contributed by atoms with E-state index in [-0.39, 0.29) is 5.56 Å². The van der Waals surface area contributed by atoms with Gasteiger partial charge in [0.05, 0.1) is 5.56 Å². The second kappa shape index (κ2) is 8.43. The molecule has 1 aliphatic heterocycles. The first-order chi connectivity index (χ1) is 13.7. The lowest BCUT2D eigenvalue weighted by Crippen LogP contribution is -2.28. The predicted octanol–water partition coefficient (Wildman–Crippen LogP) is 4.82. The summed E-state index contributed by atoms with van der Waals surface area (Å²) in [5.41, 5.74) is 4.89. The third-order valence-electron chi connectivity index (χ3n) is 6.21. The molecular weight excluding hydrogens is 349 g/mol. The lowest BCUT2D eigenvalue weighted by Gasteiger charge is -2.23. The predicted molar refractivity (Wildman–Crippen MR) is 111 cm³/mol. The zero-order valence-corrected chi connectivity index (χ0v) is 16.5. The molecule has 1 heterocycles. The van der Waals surface area contributed by atoms with Crippen molar-refractivity contribution in [2.75, 3.05) is 20.1 Å². The van der Waals surface area contributed by atoms with E-state index >= 15 is 0 Å². The zero-order valence-electron chi connectivity index (χ0n) is 16.5. The minimum Gasteiger partial charge on any atom is -0.317 e. The number of nitrogens with zero attached hydrogens (tertiary/aromatic N) is 2. The molecule has 1 saturated carbocycles. The number of hydrogen-bond donors (Lipinski definition) is 1. The van der Waals surface area contributed by atoms with Gasteiger partial charge in [-0.2, -0.15) is 5.26 Å². The molecule has 2 fully saturated rings. The normalized spacial score (nSPS) is 20.5. The second-order valence-corrected chi connectivity index (χ2v) is 8.15. The summed E-state index contributed by atoms with van der Waals surface area (Å²) >= 11 is 0. The maximum atomic E-state index is 14.2. The van der Waals surface area contributed by atoms with Crippen LogP contribution < -0.4 is 5.32 Å². The Morgan fingerprint density at radius 1 is 1.14 bits per heavy atom. The van der Waals surface area contributed by atoms with E-state index in [2.05, 4.69) is 35.5 Å². The molecule has 146 valence electrons. The van der Waals surface area contributed by atoms with Gasteiger partial charge in [-0.15, -0.1) is 0 Å². The first-order valence-corrected chi connectivity index (χ1v) is 10.4. The van der Waals surface area contributed by atoms with Gasteiger partial charge in [-0.05, 0) is 92.5 Å². The fourth-order valence-electron chi connectivity index (χ4n) is 4.47. The van der Waals surface area contributed by atoms with Gasteiger partial charge in [0.25, 0.3) is 0 Å². The molecule has 4 heteroatoms. The number of nitrogens with one attached hydrogen (secondary N) is 1. The van der Waals surface area contributed by atoms with Gasteiger partial charge < -0.3 is 5.32 Å². The lowest BCUT2D eigenvalue weighted by atomic mass is 9.91. The molecule has 1 N–H and O–H groups in total. The van der Waals surface area contributed by atoms with Gasteiger partial charge >= 0.3 is 0 Å². The third kappa shape index (κ3) is 4.11. The molecule has 0 aromatic heterocycles. The van der Waals surface area contributed by atoms with Crippen molar-refractivity contribution in [2.45, 2.75) is 50.6 Å². The molecule has 1 saturated heterocycles. The van der Waals surface area contributed by atoms with Crippen LogP contribution in [0.2, 0.25) is 0 Å². The molecule has 4 rings (SSSR count). The molecular formula is C24H28FN3. The van der Waals surface area contributed by atoms with Crippen LogP contribution in [0.5, 0.6) is 0 Å². The van der Waals surface area contributed by atoms with Gasteiger partial charge in [0.15, 0.2) is 0 Å². The Labute approximate surface area is 167 Å². The van der Waals surface area contributed by atoms with Crippen molar-refractivity contribution in [3.05, 3.63) is 58.9 Å². The maximum Gasteiger partial charge on any atom is 0.141 e. The monoisotopic (exact) mass is 377 g/mol. The fraction of sp³-hybridized carbons (Fsp3) is 0.458. The number of hydrogen-bond acceptors (Lipinski definition) is 3. The third-order valence-corrected chi connectivity index (χ3v) is 6.21. The van der Waals surface area contributed by atoms with E-state index < -0.39 is 5.82 Å². The second-order valence-electron chi connectivity index (χ2n) is 8.15. The Kier molecular flexibility index (Phi) is 5.75. The smallest absolute Gasteiger partial charge is 0.141 e. The standard InChI is InChI=1S/C24H28FN3/c1-27-21-5-3-12-28(13-11-21)16-20-4-2-6-22(24(20)17-7-8-17)18-9-10-19(15-26)23(25)14-18/h2,4,6,9-10,14,17,21,27H,3,5,7-8,11-13,16H2,1H3/t21-/m0/s1. The summed E-state index contributed by atoms with van der Waals surface area (Å²) in [7, 11) is 2.06. The van der Waals surface area contributed by atoms with Crippen molar-refractivity contribution in [3.8, 4) is 17.2 Å². The summed E-state index contributed by atoms with van der Waals surface area (Å²) in [5, 5.41) is 12.4. The molecule has 3 nitrogen and oxygen atoms in total. The van der Waals surface area contributed by atoms with Crippen molar-refractivity contribution in [2.24, 2.45) is 0 Å². The SMILES string of the molecule is CN[C@H]1CCCN(Cc2cccc(-c3ccc(C#N)c(F)c3)c2C2CC2)CC1. The average molecular weight is 378 g/mol. The summed E-state index contributed by atoms with van der Waals surface area (Å²) in [4.78, 5) is 2.57.